The molecule has 7 nitrogen and oxygen atoms in total. The van der Waals surface area contributed by atoms with Crippen molar-refractivity contribution in [2.24, 2.45) is 0 Å². The minimum absolute atomic E-state index is 0.0267. The van der Waals surface area contributed by atoms with Gasteiger partial charge < -0.3 is 10.2 Å². The zero-order valence-electron chi connectivity index (χ0n) is 13.9. The van der Waals surface area contributed by atoms with E-state index in [0.717, 1.165) is 13.0 Å². The third-order valence-corrected chi connectivity index (χ3v) is 4.39. The van der Waals surface area contributed by atoms with Crippen molar-refractivity contribution in [2.75, 3.05) is 18.0 Å². The third kappa shape index (κ3) is 3.26. The molecule has 1 aliphatic rings. The van der Waals surface area contributed by atoms with E-state index in [1.54, 1.807) is 36.5 Å². The van der Waals surface area contributed by atoms with Gasteiger partial charge in [0, 0.05) is 30.9 Å². The Morgan fingerprint density at radius 2 is 2.08 bits per heavy atom. The van der Waals surface area contributed by atoms with Crippen molar-refractivity contribution in [1.82, 2.24) is 25.7 Å². The van der Waals surface area contributed by atoms with Gasteiger partial charge >= 0.3 is 0 Å². The summed E-state index contributed by atoms with van der Waals surface area (Å²) in [5.41, 5.74) is 1.37. The molecule has 1 amide bonds. The smallest absolute Gasteiger partial charge is 0.269 e. The zero-order chi connectivity index (χ0) is 17.9. The number of hydrogen-bond donors (Lipinski definition) is 2. The third-order valence-electron chi connectivity index (χ3n) is 4.39. The number of nitrogens with one attached hydrogen (secondary N) is 2. The van der Waals surface area contributed by atoms with Gasteiger partial charge in [0.05, 0.1) is 5.69 Å². The molecule has 2 aromatic heterocycles. The Morgan fingerprint density at radius 1 is 1.19 bits per heavy atom. The lowest BCUT2D eigenvalue weighted by Gasteiger charge is -2.17. The first kappa shape index (κ1) is 16.2. The fraction of sp³-hybridized carbons (Fsp3) is 0.222. The second-order valence-corrected chi connectivity index (χ2v) is 6.13. The Labute approximate surface area is 149 Å². The average Bonchev–Trinajstić information content (AvgIpc) is 3.34. The van der Waals surface area contributed by atoms with E-state index >= 15 is 0 Å². The van der Waals surface area contributed by atoms with Crippen molar-refractivity contribution < 1.29 is 9.18 Å². The molecule has 1 aliphatic heterocycles. The fourth-order valence-corrected chi connectivity index (χ4v) is 3.04. The molecule has 0 radical (unpaired) electrons. The molecule has 132 valence electrons. The number of amides is 1. The first-order valence-corrected chi connectivity index (χ1v) is 8.34. The van der Waals surface area contributed by atoms with Crippen LogP contribution in [0.3, 0.4) is 0 Å². The molecule has 1 aromatic carbocycles. The Kier molecular flexibility index (Phi) is 4.30. The summed E-state index contributed by atoms with van der Waals surface area (Å²) in [6.45, 7) is 1.41. The van der Waals surface area contributed by atoms with Crippen LogP contribution < -0.4 is 10.2 Å². The van der Waals surface area contributed by atoms with Crippen LogP contribution in [-0.2, 0) is 0 Å². The van der Waals surface area contributed by atoms with Gasteiger partial charge in [0.25, 0.3) is 5.91 Å². The normalized spacial score (nSPS) is 16.7. The number of anilines is 1. The highest BCUT2D eigenvalue weighted by atomic mass is 19.1. The predicted molar refractivity (Wildman–Crippen MR) is 94.1 cm³/mol. The number of aromatic nitrogens is 4. The van der Waals surface area contributed by atoms with Gasteiger partial charge in [-0.05, 0) is 36.8 Å². The molecule has 8 heteroatoms. The molecule has 1 atom stereocenters. The first-order chi connectivity index (χ1) is 12.7. The molecule has 0 aliphatic carbocycles. The summed E-state index contributed by atoms with van der Waals surface area (Å²) in [6, 6.07) is 11.7. The highest BCUT2D eigenvalue weighted by molar-refractivity contribution is 5.92. The summed E-state index contributed by atoms with van der Waals surface area (Å²) in [6.07, 6.45) is 2.36. The maximum absolute atomic E-state index is 13.8. The largest absolute Gasteiger partial charge is 0.353 e. The molecule has 0 spiro atoms. The maximum Gasteiger partial charge on any atom is 0.269 e. The van der Waals surface area contributed by atoms with Crippen molar-refractivity contribution >= 4 is 11.7 Å². The lowest BCUT2D eigenvalue weighted by Crippen LogP contribution is -2.37. The van der Waals surface area contributed by atoms with E-state index in [2.05, 4.69) is 30.6 Å². The topological polar surface area (TPSA) is 86.8 Å². The quantitative estimate of drug-likeness (QED) is 0.750. The van der Waals surface area contributed by atoms with Gasteiger partial charge in [0.1, 0.15) is 11.5 Å². The molecule has 0 bridgehead atoms. The number of hydrogen-bond acceptors (Lipinski definition) is 5. The lowest BCUT2D eigenvalue weighted by atomic mass is 10.1. The summed E-state index contributed by atoms with van der Waals surface area (Å²) in [5, 5.41) is 17.8. The summed E-state index contributed by atoms with van der Waals surface area (Å²) in [7, 11) is 0. The van der Waals surface area contributed by atoms with Crippen LogP contribution in [0.1, 0.15) is 16.9 Å². The number of rotatable bonds is 4. The minimum Gasteiger partial charge on any atom is -0.353 e. The van der Waals surface area contributed by atoms with Crippen molar-refractivity contribution in [1.29, 1.82) is 0 Å². The number of carbonyl (C=O) groups is 1. The van der Waals surface area contributed by atoms with Crippen LogP contribution in [-0.4, -0.2) is 45.4 Å². The monoisotopic (exact) mass is 352 g/mol. The molecule has 3 aromatic rings. The molecule has 26 heavy (non-hydrogen) atoms. The van der Waals surface area contributed by atoms with Crippen molar-refractivity contribution in [3.05, 3.63) is 60.2 Å². The van der Waals surface area contributed by atoms with E-state index in [1.807, 2.05) is 6.07 Å². The van der Waals surface area contributed by atoms with Gasteiger partial charge in [-0.1, -0.05) is 12.1 Å². The summed E-state index contributed by atoms with van der Waals surface area (Å²) < 4.78 is 13.8. The molecule has 4 rings (SSSR count). The summed E-state index contributed by atoms with van der Waals surface area (Å²) >= 11 is 0. The van der Waals surface area contributed by atoms with Crippen LogP contribution >= 0.6 is 0 Å². The highest BCUT2D eigenvalue weighted by Gasteiger charge is 2.25. The van der Waals surface area contributed by atoms with Gasteiger partial charge in [-0.25, -0.2) is 4.39 Å². The van der Waals surface area contributed by atoms with Crippen LogP contribution in [0, 0.1) is 5.82 Å². The molecule has 2 N–H and O–H groups in total. The van der Waals surface area contributed by atoms with E-state index in [9.17, 15) is 9.18 Å². The van der Waals surface area contributed by atoms with Crippen LogP contribution in [0.25, 0.3) is 11.3 Å². The first-order valence-electron chi connectivity index (χ1n) is 8.34. The van der Waals surface area contributed by atoms with Crippen molar-refractivity contribution in [3.63, 3.8) is 0 Å². The summed E-state index contributed by atoms with van der Waals surface area (Å²) in [4.78, 5) is 14.1. The Morgan fingerprint density at radius 3 is 2.81 bits per heavy atom. The lowest BCUT2D eigenvalue weighted by molar-refractivity contribution is 0.0935. The van der Waals surface area contributed by atoms with Crippen LogP contribution in [0.5, 0.6) is 0 Å². The van der Waals surface area contributed by atoms with E-state index < -0.39 is 0 Å². The number of halogens is 1. The molecular weight excluding hydrogens is 335 g/mol. The van der Waals surface area contributed by atoms with E-state index in [1.165, 1.54) is 6.07 Å². The molecule has 1 unspecified atom stereocenters. The Bertz CT molecular complexity index is 896. The maximum atomic E-state index is 13.8. The number of benzene rings is 1. The predicted octanol–water partition coefficient (Wildman–Crippen LogP) is 2.01. The highest BCUT2D eigenvalue weighted by Crippen LogP contribution is 2.23. The molecule has 1 fully saturated rings. The Balaban J connectivity index is 1.41. The number of carbonyl (C=O) groups excluding carboxylic acids is 1. The van der Waals surface area contributed by atoms with Crippen molar-refractivity contribution in [3.8, 4) is 11.3 Å². The van der Waals surface area contributed by atoms with Gasteiger partial charge in [-0.15, -0.1) is 10.2 Å². The van der Waals surface area contributed by atoms with Gasteiger partial charge in [0.2, 0.25) is 0 Å². The number of nitrogens with zero attached hydrogens (tertiary/aromatic N) is 4. The number of aromatic amines is 1. The van der Waals surface area contributed by atoms with Crippen LogP contribution in [0.4, 0.5) is 10.2 Å². The molecular formula is C18H17FN6O. The summed E-state index contributed by atoms with van der Waals surface area (Å²) in [5.74, 6) is 0.219. The van der Waals surface area contributed by atoms with Gasteiger partial charge in [-0.2, -0.15) is 5.10 Å². The van der Waals surface area contributed by atoms with E-state index in [-0.39, 0.29) is 17.8 Å². The zero-order valence-corrected chi connectivity index (χ0v) is 13.9. The second kappa shape index (κ2) is 6.91. The second-order valence-electron chi connectivity index (χ2n) is 6.13. The molecule has 0 saturated carbocycles. The molecule has 1 saturated heterocycles. The minimum atomic E-state index is -0.322. The van der Waals surface area contributed by atoms with E-state index in [4.69, 9.17) is 0 Å². The molecule has 3 heterocycles. The fourth-order valence-electron chi connectivity index (χ4n) is 3.04. The Hall–Kier alpha value is -3.29. The van der Waals surface area contributed by atoms with Gasteiger partial charge in [-0.3, -0.25) is 9.89 Å². The van der Waals surface area contributed by atoms with Crippen LogP contribution in [0.15, 0.2) is 48.7 Å². The van der Waals surface area contributed by atoms with Crippen molar-refractivity contribution in [2.45, 2.75) is 12.5 Å². The van der Waals surface area contributed by atoms with E-state index in [0.29, 0.717) is 29.3 Å². The van der Waals surface area contributed by atoms with Crippen LogP contribution in [0.2, 0.25) is 0 Å². The van der Waals surface area contributed by atoms with Gasteiger partial charge in [0.15, 0.2) is 5.82 Å². The standard InChI is InChI=1S/C18H17FN6O/c19-14-4-2-1-3-13(14)15-5-6-17(24-23-15)25-10-8-12(11-25)21-18(26)16-7-9-20-22-16/h1-7,9,12H,8,10-11H2,(H,20,22)(H,21,26). The number of H-pyrrole nitrogens is 1. The SMILES string of the molecule is O=C(NC1CCN(c2ccc(-c3ccccc3F)nn2)C1)c1ccn[nH]1. The average molecular weight is 352 g/mol.